The molecule has 0 aliphatic heterocycles. The molecule has 0 saturated heterocycles. The number of rotatable bonds is 8. The van der Waals surface area contributed by atoms with E-state index in [9.17, 15) is 0 Å². The van der Waals surface area contributed by atoms with Crippen molar-refractivity contribution in [1.82, 2.24) is 5.32 Å². The maximum atomic E-state index is 6.37. The van der Waals surface area contributed by atoms with Gasteiger partial charge in [-0.2, -0.15) is 0 Å². The first-order valence-electron chi connectivity index (χ1n) is 10.5. The van der Waals surface area contributed by atoms with Crippen molar-refractivity contribution in [3.05, 3.63) is 106 Å². The number of nitrogens with one attached hydrogen (secondary N) is 1. The van der Waals surface area contributed by atoms with Crippen molar-refractivity contribution in [2.75, 3.05) is 13.7 Å². The van der Waals surface area contributed by atoms with E-state index in [4.69, 9.17) is 16.3 Å². The van der Waals surface area contributed by atoms with Gasteiger partial charge in [0, 0.05) is 17.0 Å². The monoisotopic (exact) mass is 457 g/mol. The normalized spacial score (nSPS) is 12.5. The molecule has 166 valence electrons. The van der Waals surface area contributed by atoms with Gasteiger partial charge in [0.1, 0.15) is 0 Å². The topological polar surface area (TPSA) is 21.3 Å². The highest BCUT2D eigenvalue weighted by Gasteiger charge is 2.24. The SMILES string of the molecule is CNC(COCc1cc(Cl)cc(C(C)(C)C)c1)C(c1ccccc1)c1ccccc1.Cl. The molecule has 4 heteroatoms. The lowest BCUT2D eigenvalue weighted by molar-refractivity contribution is 0.0963. The molecule has 2 nitrogen and oxygen atoms in total. The van der Waals surface area contributed by atoms with Gasteiger partial charge in [0.2, 0.25) is 0 Å². The number of benzene rings is 3. The van der Waals surface area contributed by atoms with Gasteiger partial charge in [0.25, 0.3) is 0 Å². The van der Waals surface area contributed by atoms with E-state index in [1.54, 1.807) is 0 Å². The number of ether oxygens (including phenoxy) is 1. The van der Waals surface area contributed by atoms with Crippen LogP contribution in [0, 0.1) is 0 Å². The molecule has 1 N–H and O–H groups in total. The molecular formula is C27H33Cl2NO. The molecule has 0 aromatic heterocycles. The van der Waals surface area contributed by atoms with Gasteiger partial charge >= 0.3 is 0 Å². The zero-order valence-corrected chi connectivity index (χ0v) is 20.3. The Labute approximate surface area is 198 Å². The summed E-state index contributed by atoms with van der Waals surface area (Å²) in [6, 6.07) is 27.6. The molecule has 0 spiro atoms. The van der Waals surface area contributed by atoms with Crippen LogP contribution in [0.25, 0.3) is 0 Å². The first-order chi connectivity index (χ1) is 14.4. The van der Waals surface area contributed by atoms with Crippen LogP contribution in [0.1, 0.15) is 48.9 Å². The number of hydrogen-bond acceptors (Lipinski definition) is 2. The predicted molar refractivity (Wildman–Crippen MR) is 135 cm³/mol. The number of likely N-dealkylation sites (N-methyl/N-ethyl adjacent to an activating group) is 1. The highest BCUT2D eigenvalue weighted by Crippen LogP contribution is 2.29. The molecule has 1 atom stereocenters. The Hall–Kier alpha value is -1.84. The van der Waals surface area contributed by atoms with Crippen molar-refractivity contribution in [3.8, 4) is 0 Å². The van der Waals surface area contributed by atoms with Gasteiger partial charge in [-0.05, 0) is 46.8 Å². The molecule has 0 heterocycles. The van der Waals surface area contributed by atoms with Crippen LogP contribution in [-0.2, 0) is 16.8 Å². The van der Waals surface area contributed by atoms with E-state index in [-0.39, 0.29) is 29.8 Å². The van der Waals surface area contributed by atoms with Crippen molar-refractivity contribution in [1.29, 1.82) is 0 Å². The third-order valence-corrected chi connectivity index (χ3v) is 5.70. The van der Waals surface area contributed by atoms with Crippen molar-refractivity contribution in [3.63, 3.8) is 0 Å². The smallest absolute Gasteiger partial charge is 0.0718 e. The number of halogens is 2. The average Bonchev–Trinajstić information content (AvgIpc) is 2.73. The highest BCUT2D eigenvalue weighted by molar-refractivity contribution is 6.30. The van der Waals surface area contributed by atoms with Gasteiger partial charge in [0.15, 0.2) is 0 Å². The minimum absolute atomic E-state index is 0. The fourth-order valence-corrected chi connectivity index (χ4v) is 4.05. The summed E-state index contributed by atoms with van der Waals surface area (Å²) >= 11 is 6.37. The summed E-state index contributed by atoms with van der Waals surface area (Å²) in [4.78, 5) is 0. The largest absolute Gasteiger partial charge is 0.375 e. The summed E-state index contributed by atoms with van der Waals surface area (Å²) in [5, 5.41) is 4.24. The fraction of sp³-hybridized carbons (Fsp3) is 0.333. The molecule has 0 saturated carbocycles. The zero-order valence-electron chi connectivity index (χ0n) is 18.8. The maximum Gasteiger partial charge on any atom is 0.0718 e. The molecule has 0 amide bonds. The Kier molecular flexibility index (Phi) is 9.58. The Morgan fingerprint density at radius 3 is 1.90 bits per heavy atom. The molecule has 3 aromatic carbocycles. The third kappa shape index (κ3) is 7.08. The van der Waals surface area contributed by atoms with Crippen molar-refractivity contribution < 1.29 is 4.74 Å². The Balaban J connectivity index is 0.00000341. The van der Waals surface area contributed by atoms with Crippen LogP contribution in [-0.4, -0.2) is 19.7 Å². The van der Waals surface area contributed by atoms with Crippen LogP contribution in [0.2, 0.25) is 5.02 Å². The quantitative estimate of drug-likeness (QED) is 0.393. The molecule has 1 unspecified atom stereocenters. The first kappa shape index (κ1) is 25.4. The van der Waals surface area contributed by atoms with Gasteiger partial charge in [-0.15, -0.1) is 12.4 Å². The van der Waals surface area contributed by atoms with Crippen LogP contribution in [0.3, 0.4) is 0 Å². The molecule has 0 aliphatic rings. The molecular weight excluding hydrogens is 425 g/mol. The van der Waals surface area contributed by atoms with Crippen LogP contribution in [0.4, 0.5) is 0 Å². The van der Waals surface area contributed by atoms with E-state index < -0.39 is 0 Å². The number of hydrogen-bond donors (Lipinski definition) is 1. The molecule has 3 aromatic rings. The zero-order chi connectivity index (χ0) is 21.6. The second-order valence-corrected chi connectivity index (χ2v) is 9.24. The van der Waals surface area contributed by atoms with E-state index in [0.29, 0.717) is 13.2 Å². The standard InChI is InChI=1S/C27H32ClNO.ClH/c1-27(2,3)23-15-20(16-24(28)17-23)18-30-19-25(29-4)26(21-11-7-5-8-12-21)22-13-9-6-10-14-22;/h5-17,25-26,29H,18-19H2,1-4H3;1H. The molecule has 0 bridgehead atoms. The maximum absolute atomic E-state index is 6.37. The summed E-state index contributed by atoms with van der Waals surface area (Å²) in [5.41, 5.74) is 4.95. The lowest BCUT2D eigenvalue weighted by Gasteiger charge is -2.28. The van der Waals surface area contributed by atoms with Gasteiger partial charge in [-0.1, -0.05) is 99.1 Å². The molecule has 0 aliphatic carbocycles. The van der Waals surface area contributed by atoms with Crippen molar-refractivity contribution >= 4 is 24.0 Å². The molecule has 3 rings (SSSR count). The Morgan fingerprint density at radius 2 is 1.42 bits per heavy atom. The van der Waals surface area contributed by atoms with Crippen molar-refractivity contribution in [2.45, 2.75) is 44.8 Å². The van der Waals surface area contributed by atoms with E-state index >= 15 is 0 Å². The van der Waals surface area contributed by atoms with Gasteiger partial charge in [-0.25, -0.2) is 0 Å². The molecule has 31 heavy (non-hydrogen) atoms. The van der Waals surface area contributed by atoms with Crippen LogP contribution in [0.15, 0.2) is 78.9 Å². The third-order valence-electron chi connectivity index (χ3n) is 5.48. The predicted octanol–water partition coefficient (Wildman–Crippen LogP) is 7.00. The van der Waals surface area contributed by atoms with Gasteiger partial charge < -0.3 is 10.1 Å². The highest BCUT2D eigenvalue weighted by atomic mass is 35.5. The fourth-order valence-electron chi connectivity index (χ4n) is 3.79. The summed E-state index contributed by atoms with van der Waals surface area (Å²) < 4.78 is 6.20. The van der Waals surface area contributed by atoms with Crippen LogP contribution in [0.5, 0.6) is 0 Å². The summed E-state index contributed by atoms with van der Waals surface area (Å²) in [5.74, 6) is 0.210. The first-order valence-corrected chi connectivity index (χ1v) is 10.9. The van der Waals surface area contributed by atoms with Gasteiger partial charge in [-0.3, -0.25) is 0 Å². The summed E-state index contributed by atoms with van der Waals surface area (Å²) in [6.07, 6.45) is 0. The summed E-state index contributed by atoms with van der Waals surface area (Å²) in [6.45, 7) is 7.74. The van der Waals surface area contributed by atoms with E-state index in [0.717, 1.165) is 10.6 Å². The van der Waals surface area contributed by atoms with E-state index in [1.807, 2.05) is 19.2 Å². The van der Waals surface area contributed by atoms with Crippen LogP contribution >= 0.6 is 24.0 Å². The second kappa shape index (κ2) is 11.7. The van der Waals surface area contributed by atoms with Crippen LogP contribution < -0.4 is 5.32 Å². The van der Waals surface area contributed by atoms with Crippen molar-refractivity contribution in [2.24, 2.45) is 0 Å². The lowest BCUT2D eigenvalue weighted by atomic mass is 9.85. The minimum Gasteiger partial charge on any atom is -0.375 e. The van der Waals surface area contributed by atoms with E-state index in [1.165, 1.54) is 16.7 Å². The average molecular weight is 458 g/mol. The Bertz CT molecular complexity index is 883. The Morgan fingerprint density at radius 1 is 0.871 bits per heavy atom. The lowest BCUT2D eigenvalue weighted by Crippen LogP contribution is -2.37. The van der Waals surface area contributed by atoms with E-state index in [2.05, 4.69) is 92.8 Å². The minimum atomic E-state index is 0. The molecule has 0 fully saturated rings. The second-order valence-electron chi connectivity index (χ2n) is 8.81. The molecule has 0 radical (unpaired) electrons. The summed E-state index contributed by atoms with van der Waals surface area (Å²) in [7, 11) is 2.00. The van der Waals surface area contributed by atoms with Gasteiger partial charge in [0.05, 0.1) is 13.2 Å².